The van der Waals surface area contributed by atoms with E-state index in [9.17, 15) is 13.6 Å². The van der Waals surface area contributed by atoms with Crippen LogP contribution in [0.15, 0.2) is 78.9 Å². The molecule has 1 N–H and O–H groups in total. The number of ether oxygens (including phenoxy) is 1. The highest BCUT2D eigenvalue weighted by Gasteiger charge is 2.24. The molecule has 0 saturated carbocycles. The molecule has 0 aliphatic carbocycles. The first-order valence-electron chi connectivity index (χ1n) is 10.8. The lowest BCUT2D eigenvalue weighted by molar-refractivity contribution is 0.100. The number of aromatic nitrogens is 1. The van der Waals surface area contributed by atoms with Gasteiger partial charge >= 0.3 is 6.09 Å². The molecule has 4 aromatic rings. The number of carbonyl (C=O) groups excluding carboxylic acids is 1. The van der Waals surface area contributed by atoms with E-state index in [4.69, 9.17) is 4.74 Å². The summed E-state index contributed by atoms with van der Waals surface area (Å²) in [7, 11) is 0. The van der Waals surface area contributed by atoms with Gasteiger partial charge in [-0.05, 0) is 65.6 Å². The highest BCUT2D eigenvalue weighted by Crippen LogP contribution is 2.37. The fourth-order valence-corrected chi connectivity index (χ4v) is 4.23. The van der Waals surface area contributed by atoms with Crippen LogP contribution in [-0.2, 0) is 11.3 Å². The van der Waals surface area contributed by atoms with Crippen LogP contribution in [0, 0.1) is 11.6 Å². The first-order chi connectivity index (χ1) is 16.1. The van der Waals surface area contributed by atoms with Gasteiger partial charge in [-0.15, -0.1) is 0 Å². The molecular weight excluding hydrogens is 422 g/mol. The maximum Gasteiger partial charge on any atom is 0.410 e. The summed E-state index contributed by atoms with van der Waals surface area (Å²) in [6, 6.07) is 20.3. The first-order valence-corrected chi connectivity index (χ1v) is 10.8. The molecule has 0 atom stereocenters. The quantitative estimate of drug-likeness (QED) is 0.389. The third kappa shape index (κ3) is 4.37. The topological polar surface area (TPSA) is 45.3 Å². The molecule has 0 spiro atoms. The Bertz CT molecular complexity index is 1330. The van der Waals surface area contributed by atoms with Crippen molar-refractivity contribution in [3.63, 3.8) is 0 Å². The van der Waals surface area contributed by atoms with E-state index in [1.54, 1.807) is 23.1 Å². The number of hydrogen-bond donors (Lipinski definition) is 1. The number of H-pyrrole nitrogens is 1. The average molecular weight is 444 g/mol. The number of nitrogens with one attached hydrogen (secondary N) is 1. The van der Waals surface area contributed by atoms with Crippen LogP contribution in [0.5, 0.6) is 0 Å². The van der Waals surface area contributed by atoms with Gasteiger partial charge in [-0.1, -0.05) is 36.4 Å². The van der Waals surface area contributed by atoms with E-state index in [2.05, 4.69) is 11.1 Å². The average Bonchev–Trinajstić information content (AvgIpc) is 3.22. The molecule has 1 aromatic heterocycles. The van der Waals surface area contributed by atoms with Crippen LogP contribution in [-0.4, -0.2) is 29.1 Å². The summed E-state index contributed by atoms with van der Waals surface area (Å²) in [5.41, 5.74) is 4.95. The molecule has 0 fully saturated rings. The molecular formula is C27H22F2N2O2. The number of nitrogens with zero attached hydrogens (tertiary/aromatic N) is 1. The second-order valence-electron chi connectivity index (χ2n) is 8.05. The van der Waals surface area contributed by atoms with Crippen molar-refractivity contribution in [1.29, 1.82) is 0 Å². The maximum atomic E-state index is 13.9. The van der Waals surface area contributed by atoms with Crippen molar-refractivity contribution in [2.24, 2.45) is 0 Å². The van der Waals surface area contributed by atoms with Crippen molar-refractivity contribution in [2.45, 2.75) is 13.0 Å². The molecule has 166 valence electrons. The van der Waals surface area contributed by atoms with Crippen LogP contribution in [0.3, 0.4) is 0 Å². The Morgan fingerprint density at radius 3 is 2.52 bits per heavy atom. The van der Waals surface area contributed by atoms with Crippen molar-refractivity contribution >= 4 is 22.6 Å². The van der Waals surface area contributed by atoms with Crippen molar-refractivity contribution in [3.8, 4) is 11.3 Å². The molecule has 1 aliphatic heterocycles. The zero-order chi connectivity index (χ0) is 22.8. The lowest BCUT2D eigenvalue weighted by Gasteiger charge is -2.27. The standard InChI is InChI=1S/C27H22F2N2O2/c28-21-10-8-19(9-11-21)26-25(23-13-12-22(29)15-24(23)30-26)20-7-4-14-31(16-20)27(32)33-17-18-5-2-1-3-6-18/h1-3,5-13,15,30H,4,14,16-17H2. The third-order valence-corrected chi connectivity index (χ3v) is 5.83. The molecule has 33 heavy (non-hydrogen) atoms. The predicted octanol–water partition coefficient (Wildman–Crippen LogP) is 6.54. The van der Waals surface area contributed by atoms with Gasteiger partial charge in [0.25, 0.3) is 0 Å². The van der Waals surface area contributed by atoms with Crippen molar-refractivity contribution in [2.75, 3.05) is 13.1 Å². The Kier molecular flexibility index (Phi) is 5.65. The van der Waals surface area contributed by atoms with E-state index >= 15 is 0 Å². The van der Waals surface area contributed by atoms with E-state index < -0.39 is 0 Å². The van der Waals surface area contributed by atoms with E-state index in [1.807, 2.05) is 30.3 Å². The molecule has 6 heteroatoms. The minimum atomic E-state index is -0.376. The van der Waals surface area contributed by atoms with Crippen LogP contribution in [0.2, 0.25) is 0 Å². The van der Waals surface area contributed by atoms with Gasteiger partial charge in [-0.2, -0.15) is 0 Å². The lowest BCUT2D eigenvalue weighted by Crippen LogP contribution is -2.35. The second-order valence-corrected chi connectivity index (χ2v) is 8.05. The molecule has 0 unspecified atom stereocenters. The summed E-state index contributed by atoms with van der Waals surface area (Å²) in [6.45, 7) is 1.13. The summed E-state index contributed by atoms with van der Waals surface area (Å²) in [4.78, 5) is 17.7. The molecule has 5 rings (SSSR count). The van der Waals surface area contributed by atoms with Crippen LogP contribution in [0.4, 0.5) is 13.6 Å². The van der Waals surface area contributed by atoms with Crippen molar-refractivity contribution in [3.05, 3.63) is 102 Å². The Balaban J connectivity index is 1.45. The Morgan fingerprint density at radius 1 is 0.970 bits per heavy atom. The lowest BCUT2D eigenvalue weighted by atomic mass is 9.95. The summed E-state index contributed by atoms with van der Waals surface area (Å²) < 4.78 is 33.0. The highest BCUT2D eigenvalue weighted by molar-refractivity contribution is 6.01. The van der Waals surface area contributed by atoms with Gasteiger partial charge in [0, 0.05) is 29.6 Å². The number of fused-ring (bicyclic) bond motifs is 1. The maximum absolute atomic E-state index is 13.9. The fraction of sp³-hybridized carbons (Fsp3) is 0.148. The second kappa shape index (κ2) is 8.90. The van der Waals surface area contributed by atoms with Crippen LogP contribution >= 0.6 is 0 Å². The molecule has 1 amide bonds. The van der Waals surface area contributed by atoms with Gasteiger partial charge in [-0.3, -0.25) is 0 Å². The summed E-state index contributed by atoms with van der Waals surface area (Å²) in [5, 5.41) is 0.849. The van der Waals surface area contributed by atoms with Crippen LogP contribution < -0.4 is 0 Å². The largest absolute Gasteiger partial charge is 0.445 e. The first kappa shape index (κ1) is 20.9. The number of aromatic amines is 1. The molecule has 1 aliphatic rings. The zero-order valence-corrected chi connectivity index (χ0v) is 17.9. The zero-order valence-electron chi connectivity index (χ0n) is 17.9. The van der Waals surface area contributed by atoms with Crippen molar-refractivity contribution < 1.29 is 18.3 Å². The highest BCUT2D eigenvalue weighted by atomic mass is 19.1. The Hall–Kier alpha value is -3.93. The smallest absolute Gasteiger partial charge is 0.410 e. The summed E-state index contributed by atoms with van der Waals surface area (Å²) >= 11 is 0. The number of carbonyl (C=O) groups is 1. The van der Waals surface area contributed by atoms with Crippen molar-refractivity contribution in [1.82, 2.24) is 9.88 Å². The fourth-order valence-electron chi connectivity index (χ4n) is 4.23. The number of halogens is 2. The summed E-state index contributed by atoms with van der Waals surface area (Å²) in [6.07, 6.45) is 2.39. The number of hydrogen-bond acceptors (Lipinski definition) is 2. The SMILES string of the molecule is O=C(OCc1ccccc1)N1CCC=C(c2c(-c3ccc(F)cc3)[nH]c3cc(F)ccc23)C1. The number of benzene rings is 3. The molecule has 0 radical (unpaired) electrons. The normalized spacial score (nSPS) is 13.8. The van der Waals surface area contributed by atoms with Gasteiger partial charge < -0.3 is 14.6 Å². The minimum Gasteiger partial charge on any atom is -0.445 e. The third-order valence-electron chi connectivity index (χ3n) is 5.83. The molecule has 3 aromatic carbocycles. The molecule has 0 bridgehead atoms. The van der Waals surface area contributed by atoms with Crippen LogP contribution in [0.1, 0.15) is 17.5 Å². The minimum absolute atomic E-state index is 0.211. The number of rotatable bonds is 4. The van der Waals surface area contributed by atoms with E-state index in [-0.39, 0.29) is 24.3 Å². The molecule has 4 nitrogen and oxygen atoms in total. The predicted molar refractivity (Wildman–Crippen MR) is 124 cm³/mol. The van der Waals surface area contributed by atoms with Gasteiger partial charge in [0.15, 0.2) is 0 Å². The van der Waals surface area contributed by atoms with E-state index in [0.29, 0.717) is 25.0 Å². The van der Waals surface area contributed by atoms with Gasteiger partial charge in [0.1, 0.15) is 18.2 Å². The molecule has 2 heterocycles. The monoisotopic (exact) mass is 444 g/mol. The van der Waals surface area contributed by atoms with E-state index in [1.165, 1.54) is 24.3 Å². The number of amides is 1. The Labute approximate surface area is 190 Å². The molecule has 0 saturated heterocycles. The Morgan fingerprint density at radius 2 is 1.73 bits per heavy atom. The van der Waals surface area contributed by atoms with Crippen LogP contribution in [0.25, 0.3) is 27.7 Å². The van der Waals surface area contributed by atoms with E-state index in [0.717, 1.165) is 33.3 Å². The summed E-state index contributed by atoms with van der Waals surface area (Å²) in [5.74, 6) is -0.670. The van der Waals surface area contributed by atoms with Gasteiger partial charge in [0.2, 0.25) is 0 Å². The van der Waals surface area contributed by atoms with Gasteiger partial charge in [0.05, 0.1) is 5.69 Å². The van der Waals surface area contributed by atoms with Gasteiger partial charge in [-0.25, -0.2) is 13.6 Å².